The van der Waals surface area contributed by atoms with Crippen molar-refractivity contribution in [2.24, 2.45) is 0 Å². The summed E-state index contributed by atoms with van der Waals surface area (Å²) in [6.07, 6.45) is 2.25. The van der Waals surface area contributed by atoms with Gasteiger partial charge in [0.15, 0.2) is 0 Å². The molecule has 1 aromatic rings. The molecule has 0 spiro atoms. The Bertz CT molecular complexity index is 408. The molecule has 1 aromatic heterocycles. The van der Waals surface area contributed by atoms with Gasteiger partial charge in [0.05, 0.1) is 13.2 Å². The van der Waals surface area contributed by atoms with E-state index in [1.54, 1.807) is 0 Å². The molecular weight excluding hydrogens is 256 g/mol. The molecule has 2 N–H and O–H groups in total. The van der Waals surface area contributed by atoms with E-state index in [0.29, 0.717) is 11.9 Å². The van der Waals surface area contributed by atoms with Crippen LogP contribution in [0.5, 0.6) is 0 Å². The fourth-order valence-electron chi connectivity index (χ4n) is 1.96. The molecule has 0 aromatic carbocycles. The second-order valence-corrected chi connectivity index (χ2v) is 4.69. The van der Waals surface area contributed by atoms with Crippen molar-refractivity contribution in [3.8, 4) is 0 Å². The summed E-state index contributed by atoms with van der Waals surface area (Å²) in [6, 6.07) is 0. The highest BCUT2D eigenvalue weighted by Crippen LogP contribution is 2.15. The van der Waals surface area contributed by atoms with Crippen molar-refractivity contribution in [3.63, 3.8) is 0 Å². The van der Waals surface area contributed by atoms with Gasteiger partial charge in [-0.25, -0.2) is 0 Å². The Morgan fingerprint density at radius 1 is 1.05 bits per heavy atom. The maximum atomic E-state index is 5.36. The van der Waals surface area contributed by atoms with Crippen molar-refractivity contribution < 1.29 is 4.74 Å². The zero-order valence-electron chi connectivity index (χ0n) is 12.4. The summed E-state index contributed by atoms with van der Waals surface area (Å²) < 4.78 is 5.36. The highest BCUT2D eigenvalue weighted by molar-refractivity contribution is 5.44. The Balaban J connectivity index is 2.11. The lowest BCUT2D eigenvalue weighted by Gasteiger charge is -2.27. The Morgan fingerprint density at radius 2 is 1.75 bits per heavy atom. The van der Waals surface area contributed by atoms with Gasteiger partial charge in [-0.15, -0.1) is 0 Å². The molecular formula is C13H24N6O. The first-order valence-corrected chi connectivity index (χ1v) is 7.40. The average Bonchev–Trinajstić information content (AvgIpc) is 2.49. The second kappa shape index (κ2) is 7.84. The van der Waals surface area contributed by atoms with E-state index in [1.165, 1.54) is 0 Å². The van der Waals surface area contributed by atoms with E-state index in [1.807, 2.05) is 6.92 Å². The lowest BCUT2D eigenvalue weighted by molar-refractivity contribution is 0.122. The third-order valence-corrected chi connectivity index (χ3v) is 3.07. The molecule has 0 amide bonds. The molecule has 2 heterocycles. The molecule has 0 radical (unpaired) electrons. The van der Waals surface area contributed by atoms with Gasteiger partial charge in [-0.2, -0.15) is 15.0 Å². The van der Waals surface area contributed by atoms with Gasteiger partial charge in [-0.05, 0) is 13.3 Å². The van der Waals surface area contributed by atoms with Gasteiger partial charge in [0, 0.05) is 26.2 Å². The molecule has 7 nitrogen and oxygen atoms in total. The number of morpholine rings is 1. The third kappa shape index (κ3) is 4.19. The highest BCUT2D eigenvalue weighted by Gasteiger charge is 2.16. The molecule has 0 atom stereocenters. The smallest absolute Gasteiger partial charge is 0.232 e. The van der Waals surface area contributed by atoms with Gasteiger partial charge in [-0.3, -0.25) is 0 Å². The van der Waals surface area contributed by atoms with Crippen LogP contribution in [0.2, 0.25) is 0 Å². The Hall–Kier alpha value is -1.63. The summed E-state index contributed by atoms with van der Waals surface area (Å²) in [5, 5.41) is 6.42. The summed E-state index contributed by atoms with van der Waals surface area (Å²) >= 11 is 0. The van der Waals surface area contributed by atoms with Crippen LogP contribution in [0.15, 0.2) is 0 Å². The first-order valence-electron chi connectivity index (χ1n) is 7.40. The van der Waals surface area contributed by atoms with Crippen LogP contribution in [0.3, 0.4) is 0 Å². The number of rotatable bonds is 7. The van der Waals surface area contributed by atoms with E-state index in [-0.39, 0.29) is 0 Å². The van der Waals surface area contributed by atoms with E-state index in [0.717, 1.165) is 58.2 Å². The van der Waals surface area contributed by atoms with Crippen LogP contribution in [-0.4, -0.2) is 54.3 Å². The number of ether oxygens (including phenoxy) is 1. The van der Waals surface area contributed by atoms with Gasteiger partial charge in [-0.1, -0.05) is 13.3 Å². The summed E-state index contributed by atoms with van der Waals surface area (Å²) in [5.74, 6) is 1.99. The fraction of sp³-hybridized carbons (Fsp3) is 0.769. The molecule has 0 saturated carbocycles. The number of hydrogen-bond acceptors (Lipinski definition) is 7. The fourth-order valence-corrected chi connectivity index (χ4v) is 1.96. The Morgan fingerprint density at radius 3 is 2.40 bits per heavy atom. The van der Waals surface area contributed by atoms with Gasteiger partial charge in [0.1, 0.15) is 0 Å². The average molecular weight is 280 g/mol. The van der Waals surface area contributed by atoms with Gasteiger partial charge >= 0.3 is 0 Å². The lowest BCUT2D eigenvalue weighted by atomic mass is 10.3. The Labute approximate surface area is 120 Å². The van der Waals surface area contributed by atoms with Crippen molar-refractivity contribution in [2.45, 2.75) is 26.7 Å². The topological polar surface area (TPSA) is 75.2 Å². The van der Waals surface area contributed by atoms with Crippen molar-refractivity contribution in [3.05, 3.63) is 0 Å². The summed E-state index contributed by atoms with van der Waals surface area (Å²) in [6.45, 7) is 8.96. The molecule has 1 aliphatic heterocycles. The van der Waals surface area contributed by atoms with E-state index in [9.17, 15) is 0 Å². The highest BCUT2D eigenvalue weighted by atomic mass is 16.5. The zero-order valence-corrected chi connectivity index (χ0v) is 12.4. The molecule has 112 valence electrons. The number of nitrogens with zero attached hydrogens (tertiary/aromatic N) is 4. The molecule has 0 aliphatic carbocycles. The van der Waals surface area contributed by atoms with E-state index in [2.05, 4.69) is 37.4 Å². The van der Waals surface area contributed by atoms with Crippen LogP contribution < -0.4 is 15.5 Å². The minimum absolute atomic E-state index is 0.628. The predicted molar refractivity (Wildman–Crippen MR) is 80.4 cm³/mol. The summed E-state index contributed by atoms with van der Waals surface area (Å²) in [7, 11) is 0. The van der Waals surface area contributed by atoms with Crippen molar-refractivity contribution in [1.82, 2.24) is 15.0 Å². The number of nitrogens with one attached hydrogen (secondary N) is 2. The molecule has 2 rings (SSSR count). The minimum atomic E-state index is 0.628. The molecule has 7 heteroatoms. The lowest BCUT2D eigenvalue weighted by Crippen LogP contribution is -2.37. The minimum Gasteiger partial charge on any atom is -0.378 e. The Kier molecular flexibility index (Phi) is 5.79. The van der Waals surface area contributed by atoms with Crippen LogP contribution in [0.25, 0.3) is 0 Å². The van der Waals surface area contributed by atoms with Gasteiger partial charge < -0.3 is 20.3 Å². The summed E-state index contributed by atoms with van der Waals surface area (Å²) in [5.41, 5.74) is 0. The second-order valence-electron chi connectivity index (χ2n) is 4.69. The SMILES string of the molecule is CCCCNc1nc(NCC)nc(N2CCOCC2)n1. The van der Waals surface area contributed by atoms with Gasteiger partial charge in [0.2, 0.25) is 17.8 Å². The van der Waals surface area contributed by atoms with Crippen molar-refractivity contribution >= 4 is 17.8 Å². The quantitative estimate of drug-likeness (QED) is 0.730. The van der Waals surface area contributed by atoms with Crippen molar-refractivity contribution in [1.29, 1.82) is 0 Å². The van der Waals surface area contributed by atoms with E-state index >= 15 is 0 Å². The maximum absolute atomic E-state index is 5.36. The third-order valence-electron chi connectivity index (χ3n) is 3.07. The zero-order chi connectivity index (χ0) is 14.2. The largest absolute Gasteiger partial charge is 0.378 e. The van der Waals surface area contributed by atoms with Crippen LogP contribution in [0.4, 0.5) is 17.8 Å². The van der Waals surface area contributed by atoms with E-state index in [4.69, 9.17) is 4.74 Å². The van der Waals surface area contributed by atoms with Gasteiger partial charge in [0.25, 0.3) is 0 Å². The normalized spacial score (nSPS) is 15.2. The monoisotopic (exact) mass is 280 g/mol. The van der Waals surface area contributed by atoms with E-state index < -0.39 is 0 Å². The van der Waals surface area contributed by atoms with Crippen LogP contribution >= 0.6 is 0 Å². The number of hydrogen-bond donors (Lipinski definition) is 2. The first kappa shape index (κ1) is 14.8. The summed E-state index contributed by atoms with van der Waals surface area (Å²) in [4.78, 5) is 15.5. The van der Waals surface area contributed by atoms with Crippen molar-refractivity contribution in [2.75, 3.05) is 54.9 Å². The number of anilines is 3. The first-order chi connectivity index (χ1) is 9.83. The van der Waals surface area contributed by atoms with Crippen LogP contribution in [-0.2, 0) is 4.74 Å². The standard InChI is InChI=1S/C13H24N6O/c1-3-5-6-15-12-16-11(14-4-2)17-13(18-12)19-7-9-20-10-8-19/h3-10H2,1-2H3,(H2,14,15,16,17,18). The van der Waals surface area contributed by atoms with Crippen LogP contribution in [0.1, 0.15) is 26.7 Å². The molecule has 20 heavy (non-hydrogen) atoms. The predicted octanol–water partition coefficient (Wildman–Crippen LogP) is 1.35. The molecule has 1 saturated heterocycles. The molecule has 0 bridgehead atoms. The molecule has 0 unspecified atom stereocenters. The van der Waals surface area contributed by atoms with Crippen LogP contribution in [0, 0.1) is 0 Å². The number of aromatic nitrogens is 3. The maximum Gasteiger partial charge on any atom is 0.232 e. The molecule has 1 aliphatic rings. The molecule has 1 fully saturated rings. The number of unbranched alkanes of at least 4 members (excludes halogenated alkanes) is 1.